The van der Waals surface area contributed by atoms with Crippen LogP contribution in [0.4, 0.5) is 0 Å². The van der Waals surface area contributed by atoms with Crippen molar-refractivity contribution in [3.8, 4) is 6.01 Å². The zero-order valence-corrected chi connectivity index (χ0v) is 7.26. The van der Waals surface area contributed by atoms with Crippen LogP contribution in [0.15, 0.2) is 10.9 Å². The Morgan fingerprint density at radius 1 is 1.67 bits per heavy atom. The minimum Gasteiger partial charge on any atom is -0.465 e. The lowest BCUT2D eigenvalue weighted by molar-refractivity contribution is 0.290. The van der Waals surface area contributed by atoms with Crippen LogP contribution in [0.2, 0.25) is 0 Å². The van der Waals surface area contributed by atoms with Gasteiger partial charge in [-0.25, -0.2) is 4.98 Å². The van der Waals surface area contributed by atoms with E-state index in [-0.39, 0.29) is 5.56 Å². The molecule has 12 heavy (non-hydrogen) atoms. The Morgan fingerprint density at radius 2 is 2.42 bits per heavy atom. The quantitative estimate of drug-likeness (QED) is 0.728. The van der Waals surface area contributed by atoms with Gasteiger partial charge < -0.3 is 4.74 Å². The number of H-pyrrole nitrogens is 1. The van der Waals surface area contributed by atoms with Crippen LogP contribution in [0.5, 0.6) is 6.01 Å². The summed E-state index contributed by atoms with van der Waals surface area (Å²) in [7, 11) is 0. The molecule has 1 N–H and O–H groups in total. The second-order valence-electron chi connectivity index (χ2n) is 2.54. The van der Waals surface area contributed by atoms with Crippen molar-refractivity contribution in [1.82, 2.24) is 9.97 Å². The van der Waals surface area contributed by atoms with E-state index in [0.717, 1.165) is 6.42 Å². The van der Waals surface area contributed by atoms with Crippen molar-refractivity contribution in [3.63, 3.8) is 0 Å². The lowest BCUT2D eigenvalue weighted by atomic mass is 10.5. The van der Waals surface area contributed by atoms with Crippen LogP contribution in [-0.4, -0.2) is 16.6 Å². The van der Waals surface area contributed by atoms with Crippen molar-refractivity contribution >= 4 is 0 Å². The summed E-state index contributed by atoms with van der Waals surface area (Å²) in [6.07, 6.45) is 0.900. The highest BCUT2D eigenvalue weighted by Gasteiger charge is 1.96. The van der Waals surface area contributed by atoms with Crippen molar-refractivity contribution in [2.24, 2.45) is 0 Å². The number of aryl methyl sites for hydroxylation is 1. The van der Waals surface area contributed by atoms with E-state index >= 15 is 0 Å². The van der Waals surface area contributed by atoms with E-state index in [4.69, 9.17) is 4.74 Å². The minimum atomic E-state index is -0.173. The highest BCUT2D eigenvalue weighted by atomic mass is 16.5. The maximum Gasteiger partial charge on any atom is 0.296 e. The molecule has 0 atom stereocenters. The molecule has 1 aromatic rings. The minimum absolute atomic E-state index is 0.173. The summed E-state index contributed by atoms with van der Waals surface area (Å²) >= 11 is 0. The summed E-state index contributed by atoms with van der Waals surface area (Å²) in [5, 5.41) is 0. The average molecular weight is 168 g/mol. The van der Waals surface area contributed by atoms with Gasteiger partial charge in [0.2, 0.25) is 0 Å². The largest absolute Gasteiger partial charge is 0.465 e. The summed E-state index contributed by atoms with van der Waals surface area (Å²) in [5.74, 6) is 0. The van der Waals surface area contributed by atoms with Crippen LogP contribution in [0.25, 0.3) is 0 Å². The molecular formula is C8H12N2O2. The fourth-order valence-electron chi connectivity index (χ4n) is 0.819. The molecule has 0 spiro atoms. The molecule has 66 valence electrons. The highest BCUT2D eigenvalue weighted by Crippen LogP contribution is 1.98. The number of aromatic amines is 1. The van der Waals surface area contributed by atoms with Crippen LogP contribution in [0, 0.1) is 6.92 Å². The van der Waals surface area contributed by atoms with Crippen LogP contribution < -0.4 is 10.3 Å². The van der Waals surface area contributed by atoms with E-state index in [1.807, 2.05) is 6.92 Å². The molecule has 0 radical (unpaired) electrons. The first kappa shape index (κ1) is 8.77. The molecule has 0 aliphatic carbocycles. The highest BCUT2D eigenvalue weighted by molar-refractivity contribution is 5.03. The Labute approximate surface area is 70.6 Å². The summed E-state index contributed by atoms with van der Waals surface area (Å²) < 4.78 is 5.15. The molecule has 0 saturated heterocycles. The lowest BCUT2D eigenvalue weighted by Crippen LogP contribution is -2.10. The average Bonchev–Trinajstić information content (AvgIpc) is 1.99. The number of nitrogens with zero attached hydrogens (tertiary/aromatic N) is 1. The van der Waals surface area contributed by atoms with E-state index in [0.29, 0.717) is 18.3 Å². The Morgan fingerprint density at radius 3 is 3.00 bits per heavy atom. The predicted octanol–water partition coefficient (Wildman–Crippen LogP) is 0.867. The van der Waals surface area contributed by atoms with Gasteiger partial charge in [0.05, 0.1) is 6.61 Å². The molecule has 0 aliphatic rings. The summed E-state index contributed by atoms with van der Waals surface area (Å²) in [6.45, 7) is 4.33. The smallest absolute Gasteiger partial charge is 0.296 e. The third-order valence-electron chi connectivity index (χ3n) is 1.29. The number of aromatic nitrogens is 2. The number of nitrogens with one attached hydrogen (secondary N) is 1. The van der Waals surface area contributed by atoms with Gasteiger partial charge >= 0.3 is 0 Å². The van der Waals surface area contributed by atoms with Gasteiger partial charge in [-0.05, 0) is 13.3 Å². The SMILES string of the molecule is CCCOc1nc(C)cc(=O)[nH]1. The summed E-state index contributed by atoms with van der Waals surface area (Å²) in [4.78, 5) is 17.4. The third-order valence-corrected chi connectivity index (χ3v) is 1.29. The van der Waals surface area contributed by atoms with E-state index < -0.39 is 0 Å². The van der Waals surface area contributed by atoms with Gasteiger partial charge in [0.25, 0.3) is 11.6 Å². The molecule has 0 aromatic carbocycles. The first-order valence-corrected chi connectivity index (χ1v) is 3.93. The van der Waals surface area contributed by atoms with Crippen LogP contribution in [0.3, 0.4) is 0 Å². The lowest BCUT2D eigenvalue weighted by Gasteiger charge is -2.02. The van der Waals surface area contributed by atoms with Gasteiger partial charge in [0, 0.05) is 11.8 Å². The first-order chi connectivity index (χ1) is 5.72. The molecule has 1 aromatic heterocycles. The van der Waals surface area contributed by atoms with Gasteiger partial charge in [0.15, 0.2) is 0 Å². The Bertz CT molecular complexity index is 306. The topological polar surface area (TPSA) is 55.0 Å². The molecule has 4 heteroatoms. The molecule has 0 aliphatic heterocycles. The van der Waals surface area contributed by atoms with Gasteiger partial charge in [0.1, 0.15) is 0 Å². The number of ether oxygens (including phenoxy) is 1. The van der Waals surface area contributed by atoms with Gasteiger partial charge in [-0.3, -0.25) is 9.78 Å². The number of hydrogen-bond donors (Lipinski definition) is 1. The fourth-order valence-corrected chi connectivity index (χ4v) is 0.819. The first-order valence-electron chi connectivity index (χ1n) is 3.93. The van der Waals surface area contributed by atoms with E-state index in [1.54, 1.807) is 6.92 Å². The van der Waals surface area contributed by atoms with Crippen molar-refractivity contribution in [1.29, 1.82) is 0 Å². The third kappa shape index (κ3) is 2.38. The van der Waals surface area contributed by atoms with Gasteiger partial charge in [-0.1, -0.05) is 6.92 Å². The Balaban J connectivity index is 2.79. The Hall–Kier alpha value is -1.32. The second-order valence-corrected chi connectivity index (χ2v) is 2.54. The van der Waals surface area contributed by atoms with Crippen molar-refractivity contribution in [3.05, 3.63) is 22.1 Å². The van der Waals surface area contributed by atoms with Crippen molar-refractivity contribution in [2.75, 3.05) is 6.61 Å². The van der Waals surface area contributed by atoms with E-state index in [2.05, 4.69) is 9.97 Å². The summed E-state index contributed by atoms with van der Waals surface area (Å²) in [5.41, 5.74) is 0.499. The molecule has 1 heterocycles. The van der Waals surface area contributed by atoms with E-state index in [9.17, 15) is 4.79 Å². The van der Waals surface area contributed by atoms with Crippen molar-refractivity contribution < 1.29 is 4.74 Å². The van der Waals surface area contributed by atoms with Crippen LogP contribution >= 0.6 is 0 Å². The molecule has 0 unspecified atom stereocenters. The van der Waals surface area contributed by atoms with Crippen LogP contribution in [0.1, 0.15) is 19.0 Å². The molecule has 1 rings (SSSR count). The van der Waals surface area contributed by atoms with Gasteiger partial charge in [-0.2, -0.15) is 0 Å². The van der Waals surface area contributed by atoms with Crippen molar-refractivity contribution in [2.45, 2.75) is 20.3 Å². The molecule has 0 saturated carbocycles. The maximum absolute atomic E-state index is 10.9. The Kier molecular flexibility index (Phi) is 2.85. The fraction of sp³-hybridized carbons (Fsp3) is 0.500. The molecular weight excluding hydrogens is 156 g/mol. The zero-order valence-electron chi connectivity index (χ0n) is 7.26. The van der Waals surface area contributed by atoms with Crippen LogP contribution in [-0.2, 0) is 0 Å². The summed E-state index contributed by atoms with van der Waals surface area (Å²) in [6, 6.07) is 1.74. The second kappa shape index (κ2) is 3.90. The standard InChI is InChI=1S/C8H12N2O2/c1-3-4-12-8-9-6(2)5-7(11)10-8/h5H,3-4H2,1-2H3,(H,9,10,11). The molecule has 0 fully saturated rings. The zero-order chi connectivity index (χ0) is 8.97. The normalized spacial score (nSPS) is 9.83. The van der Waals surface area contributed by atoms with E-state index in [1.165, 1.54) is 6.07 Å². The molecule has 0 bridgehead atoms. The predicted molar refractivity (Wildman–Crippen MR) is 45.4 cm³/mol. The van der Waals surface area contributed by atoms with Gasteiger partial charge in [-0.15, -0.1) is 0 Å². The molecule has 0 amide bonds. The number of hydrogen-bond acceptors (Lipinski definition) is 3. The number of rotatable bonds is 3. The monoisotopic (exact) mass is 168 g/mol. The molecule has 4 nitrogen and oxygen atoms in total. The maximum atomic E-state index is 10.9.